The van der Waals surface area contributed by atoms with Crippen molar-refractivity contribution in [3.05, 3.63) is 33.8 Å². The van der Waals surface area contributed by atoms with Crippen LogP contribution in [0.4, 0.5) is 0 Å². The molecule has 102 valence electrons. The van der Waals surface area contributed by atoms with Crippen molar-refractivity contribution in [2.45, 2.75) is 19.8 Å². The Balaban J connectivity index is 2.17. The first-order chi connectivity index (χ1) is 8.99. The Hall–Kier alpha value is -1.36. The number of aliphatic carboxylic acids is 1. The SMILES string of the molecule is Cc1ccc(C(=O)N2CCC[C@H](C(=O)O)C2)c(Br)c1. The van der Waals surface area contributed by atoms with E-state index in [9.17, 15) is 9.59 Å². The molecule has 1 aliphatic heterocycles. The maximum absolute atomic E-state index is 12.4. The Morgan fingerprint density at radius 1 is 1.42 bits per heavy atom. The normalized spacial score (nSPS) is 19.3. The molecular weight excluding hydrogens is 310 g/mol. The fraction of sp³-hybridized carbons (Fsp3) is 0.429. The van der Waals surface area contributed by atoms with Crippen LogP contribution in [0.15, 0.2) is 22.7 Å². The number of hydrogen-bond acceptors (Lipinski definition) is 2. The predicted octanol–water partition coefficient (Wildman–Crippen LogP) is 2.69. The van der Waals surface area contributed by atoms with Crippen LogP contribution in [-0.2, 0) is 4.79 Å². The molecule has 0 bridgehead atoms. The molecule has 0 radical (unpaired) electrons. The van der Waals surface area contributed by atoms with Crippen molar-refractivity contribution in [3.8, 4) is 0 Å². The molecule has 1 N–H and O–H groups in total. The van der Waals surface area contributed by atoms with Crippen LogP contribution in [0, 0.1) is 12.8 Å². The van der Waals surface area contributed by atoms with Crippen molar-refractivity contribution in [1.82, 2.24) is 4.90 Å². The summed E-state index contributed by atoms with van der Waals surface area (Å²) in [5.74, 6) is -1.36. The van der Waals surface area contributed by atoms with Crippen LogP contribution in [0.5, 0.6) is 0 Å². The smallest absolute Gasteiger partial charge is 0.308 e. The number of carbonyl (C=O) groups is 2. The van der Waals surface area contributed by atoms with Crippen LogP contribution in [0.25, 0.3) is 0 Å². The maximum atomic E-state index is 12.4. The van der Waals surface area contributed by atoms with Gasteiger partial charge >= 0.3 is 5.97 Å². The van der Waals surface area contributed by atoms with E-state index in [4.69, 9.17) is 5.11 Å². The Kier molecular flexibility index (Phi) is 4.24. The molecule has 1 fully saturated rings. The van der Waals surface area contributed by atoms with Crippen LogP contribution >= 0.6 is 15.9 Å². The van der Waals surface area contributed by atoms with Gasteiger partial charge in [-0.15, -0.1) is 0 Å². The lowest BCUT2D eigenvalue weighted by Gasteiger charge is -2.31. The minimum Gasteiger partial charge on any atom is -0.481 e. The summed E-state index contributed by atoms with van der Waals surface area (Å²) >= 11 is 3.39. The number of amides is 1. The zero-order valence-electron chi connectivity index (χ0n) is 10.7. The first kappa shape index (κ1) is 14.1. The van der Waals surface area contributed by atoms with Gasteiger partial charge in [0.05, 0.1) is 11.5 Å². The van der Waals surface area contributed by atoms with Crippen LogP contribution < -0.4 is 0 Å². The number of piperidine rings is 1. The number of benzene rings is 1. The van der Waals surface area contributed by atoms with Crippen LogP contribution in [0.3, 0.4) is 0 Å². The van der Waals surface area contributed by atoms with E-state index in [-0.39, 0.29) is 5.91 Å². The van der Waals surface area contributed by atoms with Crippen molar-refractivity contribution in [2.24, 2.45) is 5.92 Å². The summed E-state index contributed by atoms with van der Waals surface area (Å²) in [6.07, 6.45) is 1.39. The largest absolute Gasteiger partial charge is 0.481 e. The molecule has 1 aliphatic rings. The van der Waals surface area contributed by atoms with Crippen LogP contribution in [0.1, 0.15) is 28.8 Å². The van der Waals surface area contributed by atoms with Crippen molar-refractivity contribution in [2.75, 3.05) is 13.1 Å². The van der Waals surface area contributed by atoms with Gasteiger partial charge in [-0.3, -0.25) is 9.59 Å². The molecule has 5 heteroatoms. The van der Waals surface area contributed by atoms with Crippen LogP contribution in [0.2, 0.25) is 0 Å². The van der Waals surface area contributed by atoms with Crippen molar-refractivity contribution < 1.29 is 14.7 Å². The van der Waals surface area contributed by atoms with E-state index in [0.717, 1.165) is 16.5 Å². The lowest BCUT2D eigenvalue weighted by molar-refractivity contribution is -0.143. The fourth-order valence-corrected chi connectivity index (χ4v) is 2.99. The molecule has 0 aromatic heterocycles. The number of carboxylic acids is 1. The summed E-state index contributed by atoms with van der Waals surface area (Å²) in [6.45, 7) is 2.89. The lowest BCUT2D eigenvalue weighted by atomic mass is 9.97. The van der Waals surface area contributed by atoms with Crippen LogP contribution in [-0.4, -0.2) is 35.0 Å². The molecule has 1 saturated heterocycles. The Labute approximate surface area is 120 Å². The van der Waals surface area contributed by atoms with Gasteiger partial charge < -0.3 is 10.0 Å². The number of likely N-dealkylation sites (tertiary alicyclic amines) is 1. The second-order valence-corrected chi connectivity index (χ2v) is 5.77. The lowest BCUT2D eigenvalue weighted by Crippen LogP contribution is -2.42. The minimum atomic E-state index is -0.819. The number of halogens is 1. The molecule has 1 aromatic carbocycles. The first-order valence-corrected chi connectivity index (χ1v) is 7.06. The molecule has 1 aromatic rings. The third-order valence-electron chi connectivity index (χ3n) is 3.41. The molecular formula is C14H16BrNO3. The molecule has 1 heterocycles. The van der Waals surface area contributed by atoms with E-state index in [1.54, 1.807) is 11.0 Å². The highest BCUT2D eigenvalue weighted by molar-refractivity contribution is 9.10. The van der Waals surface area contributed by atoms with Gasteiger partial charge in [0.15, 0.2) is 0 Å². The molecule has 4 nitrogen and oxygen atoms in total. The molecule has 19 heavy (non-hydrogen) atoms. The predicted molar refractivity (Wildman–Crippen MR) is 75.1 cm³/mol. The standard InChI is InChI=1S/C14H16BrNO3/c1-9-4-5-11(12(15)7-9)13(17)16-6-2-3-10(8-16)14(18)19/h4-5,7,10H,2-3,6,8H2,1H3,(H,18,19)/t10-/m0/s1. The number of nitrogens with zero attached hydrogens (tertiary/aromatic N) is 1. The Morgan fingerprint density at radius 3 is 2.79 bits per heavy atom. The second-order valence-electron chi connectivity index (χ2n) is 4.91. The third kappa shape index (κ3) is 3.15. The highest BCUT2D eigenvalue weighted by atomic mass is 79.9. The van der Waals surface area contributed by atoms with Gasteiger partial charge in [0.25, 0.3) is 5.91 Å². The summed E-state index contributed by atoms with van der Waals surface area (Å²) in [5, 5.41) is 9.05. The van der Waals surface area contributed by atoms with Crippen molar-refractivity contribution in [1.29, 1.82) is 0 Å². The summed E-state index contributed by atoms with van der Waals surface area (Å²) in [5.41, 5.74) is 1.67. The number of carbonyl (C=O) groups excluding carboxylic acids is 1. The highest BCUT2D eigenvalue weighted by Crippen LogP contribution is 2.23. The van der Waals surface area contributed by atoms with E-state index < -0.39 is 11.9 Å². The molecule has 0 aliphatic carbocycles. The topological polar surface area (TPSA) is 57.6 Å². The molecule has 2 rings (SSSR count). The maximum Gasteiger partial charge on any atom is 0.308 e. The Bertz CT molecular complexity index is 515. The van der Waals surface area contributed by atoms with Crippen molar-refractivity contribution in [3.63, 3.8) is 0 Å². The molecule has 1 amide bonds. The van der Waals surface area contributed by atoms with Gasteiger partial charge in [-0.25, -0.2) is 0 Å². The van der Waals surface area contributed by atoms with Gasteiger partial charge in [-0.05, 0) is 53.4 Å². The molecule has 0 unspecified atom stereocenters. The van der Waals surface area contributed by atoms with Gasteiger partial charge in [-0.2, -0.15) is 0 Å². The van der Waals surface area contributed by atoms with Gasteiger partial charge in [0.1, 0.15) is 0 Å². The number of carboxylic acid groups (broad SMARTS) is 1. The monoisotopic (exact) mass is 325 g/mol. The number of rotatable bonds is 2. The molecule has 1 atom stereocenters. The zero-order chi connectivity index (χ0) is 14.0. The third-order valence-corrected chi connectivity index (χ3v) is 4.07. The van der Waals surface area contributed by atoms with E-state index in [1.165, 1.54) is 0 Å². The summed E-state index contributed by atoms with van der Waals surface area (Å²) in [6, 6.07) is 5.56. The zero-order valence-corrected chi connectivity index (χ0v) is 12.3. The quantitative estimate of drug-likeness (QED) is 0.909. The van der Waals surface area contributed by atoms with Crippen molar-refractivity contribution >= 4 is 27.8 Å². The minimum absolute atomic E-state index is 0.0992. The number of hydrogen-bond donors (Lipinski definition) is 1. The summed E-state index contributed by atoms with van der Waals surface area (Å²) in [4.78, 5) is 25.1. The van der Waals surface area contributed by atoms with Gasteiger partial charge in [-0.1, -0.05) is 6.07 Å². The van der Waals surface area contributed by atoms with E-state index in [2.05, 4.69) is 15.9 Å². The first-order valence-electron chi connectivity index (χ1n) is 6.27. The van der Waals surface area contributed by atoms with Gasteiger partial charge in [0.2, 0.25) is 0 Å². The summed E-state index contributed by atoms with van der Waals surface area (Å²) in [7, 11) is 0. The average Bonchev–Trinajstić information content (AvgIpc) is 2.38. The molecule has 0 saturated carbocycles. The second kappa shape index (κ2) is 5.74. The highest BCUT2D eigenvalue weighted by Gasteiger charge is 2.29. The van der Waals surface area contributed by atoms with E-state index >= 15 is 0 Å². The van der Waals surface area contributed by atoms with Gasteiger partial charge in [0, 0.05) is 17.6 Å². The number of aryl methyl sites for hydroxylation is 1. The van der Waals surface area contributed by atoms with E-state index in [0.29, 0.717) is 25.1 Å². The average molecular weight is 326 g/mol. The Morgan fingerprint density at radius 2 is 2.16 bits per heavy atom. The fourth-order valence-electron chi connectivity index (χ4n) is 2.33. The van der Waals surface area contributed by atoms with E-state index in [1.807, 2.05) is 19.1 Å². The summed E-state index contributed by atoms with van der Waals surface area (Å²) < 4.78 is 0.759. The molecule has 0 spiro atoms.